The maximum atomic E-state index is 12.7. The number of carbonyl (C=O) groups excluding carboxylic acids is 1. The second-order valence-corrected chi connectivity index (χ2v) is 6.86. The van der Waals surface area contributed by atoms with Crippen molar-refractivity contribution in [2.75, 3.05) is 12.0 Å². The van der Waals surface area contributed by atoms with Gasteiger partial charge in [0, 0.05) is 5.56 Å². The summed E-state index contributed by atoms with van der Waals surface area (Å²) in [5.74, 6) is 1.28. The number of hydrogen-bond acceptors (Lipinski definition) is 1. The molecule has 2 aromatic carbocycles. The fourth-order valence-electron chi connectivity index (χ4n) is 2.51. The molecule has 2 aromatic rings. The maximum absolute atomic E-state index is 12.7. The van der Waals surface area contributed by atoms with Crippen molar-refractivity contribution in [2.24, 2.45) is 0 Å². The van der Waals surface area contributed by atoms with Crippen LogP contribution in [0.1, 0.15) is 21.5 Å². The van der Waals surface area contributed by atoms with Gasteiger partial charge in [-0.2, -0.15) is 10.5 Å². The molecule has 0 spiro atoms. The van der Waals surface area contributed by atoms with Crippen molar-refractivity contribution < 1.29 is 4.79 Å². The Labute approximate surface area is 116 Å². The standard InChI is InChI=1S/C17H16OS/c1-19-12-11-13-7-5-6-10-15(13)17(19)16(18)14-8-3-2-4-9-14/h2-10H,11-12H2,1H3. The number of ketones is 1. The molecule has 96 valence electrons. The monoisotopic (exact) mass is 268 g/mol. The highest BCUT2D eigenvalue weighted by atomic mass is 32.2. The lowest BCUT2D eigenvalue weighted by Crippen LogP contribution is -2.22. The van der Waals surface area contributed by atoms with E-state index in [0.717, 1.165) is 28.2 Å². The Morgan fingerprint density at radius 1 is 1.00 bits per heavy atom. The molecule has 1 nitrogen and oxygen atoms in total. The molecule has 1 atom stereocenters. The average Bonchev–Trinajstić information content (AvgIpc) is 2.47. The molecule has 0 aliphatic carbocycles. The topological polar surface area (TPSA) is 17.1 Å². The van der Waals surface area contributed by atoms with Crippen LogP contribution in [0.15, 0.2) is 54.6 Å². The van der Waals surface area contributed by atoms with Gasteiger partial charge in [0.05, 0.1) is 4.86 Å². The number of aryl methyl sites for hydroxylation is 1. The third-order valence-electron chi connectivity index (χ3n) is 3.53. The van der Waals surface area contributed by atoms with Gasteiger partial charge in [-0.15, -0.1) is 0 Å². The van der Waals surface area contributed by atoms with E-state index in [4.69, 9.17) is 0 Å². The zero-order valence-electron chi connectivity index (χ0n) is 10.9. The fourth-order valence-corrected chi connectivity index (χ4v) is 4.25. The minimum Gasteiger partial charge on any atom is -0.288 e. The summed E-state index contributed by atoms with van der Waals surface area (Å²) < 4.78 is 0. The highest BCUT2D eigenvalue weighted by Crippen LogP contribution is 2.28. The molecule has 19 heavy (non-hydrogen) atoms. The summed E-state index contributed by atoms with van der Waals surface area (Å²) in [5, 5.41) is 0. The summed E-state index contributed by atoms with van der Waals surface area (Å²) in [5.41, 5.74) is 3.27. The van der Waals surface area contributed by atoms with Crippen molar-refractivity contribution in [3.63, 3.8) is 0 Å². The lowest BCUT2D eigenvalue weighted by molar-refractivity contribution is 0.106. The van der Waals surface area contributed by atoms with Crippen molar-refractivity contribution in [3.05, 3.63) is 71.3 Å². The van der Waals surface area contributed by atoms with Crippen molar-refractivity contribution in [2.45, 2.75) is 6.42 Å². The molecule has 0 bridgehead atoms. The largest absolute Gasteiger partial charge is 0.288 e. The Bertz CT molecular complexity index is 656. The minimum atomic E-state index is 0.0472. The smallest absolute Gasteiger partial charge is 0.199 e. The maximum Gasteiger partial charge on any atom is 0.199 e. The Kier molecular flexibility index (Phi) is 3.34. The van der Waals surface area contributed by atoms with Crippen LogP contribution in [0, 0.1) is 0 Å². The van der Waals surface area contributed by atoms with Crippen molar-refractivity contribution in [3.8, 4) is 0 Å². The van der Waals surface area contributed by atoms with E-state index < -0.39 is 0 Å². The van der Waals surface area contributed by atoms with Crippen LogP contribution < -0.4 is 0 Å². The van der Waals surface area contributed by atoms with E-state index >= 15 is 0 Å². The molecule has 0 saturated carbocycles. The Morgan fingerprint density at radius 2 is 1.68 bits per heavy atom. The molecule has 1 heterocycles. The van der Waals surface area contributed by atoms with Crippen LogP contribution in [-0.2, 0) is 6.42 Å². The van der Waals surface area contributed by atoms with Gasteiger partial charge in [0.2, 0.25) is 0 Å². The summed E-state index contributed by atoms with van der Waals surface area (Å²) in [4.78, 5) is 13.8. The summed E-state index contributed by atoms with van der Waals surface area (Å²) in [6.07, 6.45) is 3.27. The Hall–Kier alpha value is -1.67. The molecule has 0 aromatic heterocycles. The molecule has 0 radical (unpaired) electrons. The van der Waals surface area contributed by atoms with Crippen LogP contribution in [0.4, 0.5) is 0 Å². The molecule has 0 amide bonds. The van der Waals surface area contributed by atoms with Crippen molar-refractivity contribution >= 4 is 21.1 Å². The van der Waals surface area contributed by atoms with Gasteiger partial charge >= 0.3 is 0 Å². The quantitative estimate of drug-likeness (QED) is 0.601. The van der Waals surface area contributed by atoms with Gasteiger partial charge in [0.25, 0.3) is 0 Å². The molecule has 2 heteroatoms. The summed E-state index contributed by atoms with van der Waals surface area (Å²) in [6, 6.07) is 17.9. The van der Waals surface area contributed by atoms with Crippen LogP contribution in [-0.4, -0.2) is 22.7 Å². The number of benzene rings is 2. The predicted octanol–water partition coefficient (Wildman–Crippen LogP) is 3.54. The van der Waals surface area contributed by atoms with Crippen LogP contribution in [0.3, 0.4) is 0 Å². The van der Waals surface area contributed by atoms with Gasteiger partial charge in [-0.05, 0) is 29.6 Å². The van der Waals surface area contributed by atoms with E-state index in [1.807, 2.05) is 36.4 Å². The van der Waals surface area contributed by atoms with E-state index in [1.165, 1.54) is 5.56 Å². The molecule has 1 unspecified atom stereocenters. The number of rotatable bonds is 2. The summed E-state index contributed by atoms with van der Waals surface area (Å²) >= 11 is 0. The van der Waals surface area contributed by atoms with Gasteiger partial charge in [0.1, 0.15) is 0 Å². The van der Waals surface area contributed by atoms with Crippen LogP contribution in [0.5, 0.6) is 0 Å². The average molecular weight is 268 g/mol. The number of carbonyl (C=O) groups is 1. The van der Waals surface area contributed by atoms with E-state index in [9.17, 15) is 4.79 Å². The van der Waals surface area contributed by atoms with E-state index in [-0.39, 0.29) is 16.3 Å². The first kappa shape index (κ1) is 12.4. The van der Waals surface area contributed by atoms with Gasteiger partial charge in [-0.3, -0.25) is 4.79 Å². The first-order chi connectivity index (χ1) is 9.27. The lowest BCUT2D eigenvalue weighted by atomic mass is 9.97. The molecule has 3 rings (SSSR count). The molecule has 1 aliphatic rings. The number of Topliss-reactive ketones (excluding diaryl/α,β-unsaturated/α-hetero) is 1. The zero-order chi connectivity index (χ0) is 13.2. The first-order valence-corrected chi connectivity index (χ1v) is 8.25. The normalized spacial score (nSPS) is 17.9. The second-order valence-electron chi connectivity index (χ2n) is 4.77. The summed E-state index contributed by atoms with van der Waals surface area (Å²) in [7, 11) is 0.0472. The summed E-state index contributed by atoms with van der Waals surface area (Å²) in [6.45, 7) is 0. The van der Waals surface area contributed by atoms with Gasteiger partial charge in [0.15, 0.2) is 5.78 Å². The van der Waals surface area contributed by atoms with Crippen LogP contribution in [0.2, 0.25) is 0 Å². The molecule has 0 N–H and O–H groups in total. The van der Waals surface area contributed by atoms with Crippen LogP contribution in [0.25, 0.3) is 0 Å². The zero-order valence-corrected chi connectivity index (χ0v) is 11.7. The molecular weight excluding hydrogens is 252 g/mol. The number of hydrogen-bond donors (Lipinski definition) is 0. The molecule has 1 aliphatic heterocycles. The van der Waals surface area contributed by atoms with Crippen molar-refractivity contribution in [1.82, 2.24) is 0 Å². The highest BCUT2D eigenvalue weighted by Gasteiger charge is 2.22. The van der Waals surface area contributed by atoms with E-state index in [2.05, 4.69) is 24.5 Å². The minimum absolute atomic E-state index is 0.0472. The van der Waals surface area contributed by atoms with E-state index in [0.29, 0.717) is 0 Å². The fraction of sp³-hybridized carbons (Fsp3) is 0.176. The van der Waals surface area contributed by atoms with Gasteiger partial charge in [-0.1, -0.05) is 54.6 Å². The second kappa shape index (κ2) is 5.14. The Balaban J connectivity index is 2.11. The SMILES string of the molecule is CS1=C(C(=O)c2ccccc2)c2ccccc2CC1. The van der Waals surface area contributed by atoms with Crippen LogP contribution >= 0.6 is 10.5 Å². The molecular formula is C17H16OS. The molecule has 0 fully saturated rings. The number of fused-ring (bicyclic) bond motifs is 1. The van der Waals surface area contributed by atoms with Gasteiger partial charge in [-0.25, -0.2) is 0 Å². The van der Waals surface area contributed by atoms with Crippen molar-refractivity contribution in [1.29, 1.82) is 0 Å². The Morgan fingerprint density at radius 3 is 2.47 bits per heavy atom. The predicted molar refractivity (Wildman–Crippen MR) is 83.4 cm³/mol. The third-order valence-corrected chi connectivity index (χ3v) is 5.45. The molecule has 0 saturated heterocycles. The van der Waals surface area contributed by atoms with E-state index in [1.54, 1.807) is 0 Å². The highest BCUT2D eigenvalue weighted by molar-refractivity contribution is 8.16. The van der Waals surface area contributed by atoms with Gasteiger partial charge < -0.3 is 0 Å². The third kappa shape index (κ3) is 2.28. The lowest BCUT2D eigenvalue weighted by Gasteiger charge is -2.21. The first-order valence-electron chi connectivity index (χ1n) is 6.45.